The minimum Gasteiger partial charge on any atom is -0.337 e. The summed E-state index contributed by atoms with van der Waals surface area (Å²) in [6.45, 7) is 0.387. The molecule has 0 bridgehead atoms. The summed E-state index contributed by atoms with van der Waals surface area (Å²) in [5, 5.41) is 0.612. The van der Waals surface area contributed by atoms with Gasteiger partial charge in [0.25, 0.3) is 5.91 Å². The SMILES string of the molecule is CN(Cc1ccccc1Cl)C(=O)c1ccc(F)c(S)c1. The molecule has 0 aliphatic heterocycles. The minimum absolute atomic E-state index is 0.155. The quantitative estimate of drug-likeness (QED) is 0.848. The Kier molecular flexibility index (Phi) is 4.68. The lowest BCUT2D eigenvalue weighted by atomic mass is 10.1. The number of amides is 1. The summed E-state index contributed by atoms with van der Waals surface area (Å²) in [7, 11) is 1.67. The second kappa shape index (κ2) is 6.29. The van der Waals surface area contributed by atoms with Gasteiger partial charge in [0.05, 0.1) is 0 Å². The molecule has 0 N–H and O–H groups in total. The number of nitrogens with zero attached hydrogens (tertiary/aromatic N) is 1. The first-order valence-electron chi connectivity index (χ1n) is 5.96. The topological polar surface area (TPSA) is 20.3 Å². The Labute approximate surface area is 127 Å². The smallest absolute Gasteiger partial charge is 0.253 e. The molecule has 0 aromatic heterocycles. The molecule has 2 rings (SSSR count). The van der Waals surface area contributed by atoms with Crippen LogP contribution in [0.2, 0.25) is 5.02 Å². The van der Waals surface area contributed by atoms with Crippen LogP contribution in [0.25, 0.3) is 0 Å². The Morgan fingerprint density at radius 1 is 1.30 bits per heavy atom. The van der Waals surface area contributed by atoms with Crippen molar-refractivity contribution in [1.29, 1.82) is 0 Å². The van der Waals surface area contributed by atoms with Crippen LogP contribution >= 0.6 is 24.2 Å². The number of rotatable bonds is 3. The van der Waals surface area contributed by atoms with E-state index < -0.39 is 5.82 Å². The van der Waals surface area contributed by atoms with Crippen LogP contribution in [0.4, 0.5) is 4.39 Å². The van der Waals surface area contributed by atoms with E-state index in [1.54, 1.807) is 13.1 Å². The molecule has 2 nitrogen and oxygen atoms in total. The number of benzene rings is 2. The van der Waals surface area contributed by atoms with Gasteiger partial charge in [-0.1, -0.05) is 29.8 Å². The standard InChI is InChI=1S/C15H13ClFNOS/c1-18(9-11-4-2-3-5-12(11)16)15(19)10-6-7-13(17)14(20)8-10/h2-8,20H,9H2,1H3. The van der Waals surface area contributed by atoms with Gasteiger partial charge in [0, 0.05) is 29.1 Å². The first-order valence-corrected chi connectivity index (χ1v) is 6.79. The molecular weight excluding hydrogens is 297 g/mol. The lowest BCUT2D eigenvalue weighted by Gasteiger charge is -2.18. The van der Waals surface area contributed by atoms with Crippen molar-refractivity contribution < 1.29 is 9.18 Å². The Morgan fingerprint density at radius 3 is 2.65 bits per heavy atom. The molecule has 0 aliphatic rings. The summed E-state index contributed by atoms with van der Waals surface area (Å²) in [4.78, 5) is 13.9. The van der Waals surface area contributed by atoms with Gasteiger partial charge >= 0.3 is 0 Å². The van der Waals surface area contributed by atoms with Crippen LogP contribution in [-0.2, 0) is 6.54 Å². The van der Waals surface area contributed by atoms with Crippen LogP contribution in [-0.4, -0.2) is 17.9 Å². The second-order valence-electron chi connectivity index (χ2n) is 4.42. The zero-order valence-electron chi connectivity index (χ0n) is 10.8. The maximum atomic E-state index is 13.1. The molecule has 0 fully saturated rings. The average Bonchev–Trinajstić information content (AvgIpc) is 2.43. The van der Waals surface area contributed by atoms with Crippen molar-refractivity contribution in [2.75, 3.05) is 7.05 Å². The van der Waals surface area contributed by atoms with Gasteiger partial charge in [-0.05, 0) is 29.8 Å². The van der Waals surface area contributed by atoms with E-state index >= 15 is 0 Å². The highest BCUT2D eigenvalue weighted by Crippen LogP contribution is 2.19. The molecule has 1 amide bonds. The molecule has 0 heterocycles. The summed E-state index contributed by atoms with van der Waals surface area (Å²) in [5.74, 6) is -0.654. The Hall–Kier alpha value is -1.52. The number of carbonyl (C=O) groups is 1. The molecule has 104 valence electrons. The van der Waals surface area contributed by atoms with Gasteiger partial charge in [0.1, 0.15) is 5.82 Å². The molecule has 0 unspecified atom stereocenters. The van der Waals surface area contributed by atoms with E-state index in [2.05, 4.69) is 12.6 Å². The predicted octanol–water partition coefficient (Wildman–Crippen LogP) is 4.04. The Balaban J connectivity index is 2.16. The largest absolute Gasteiger partial charge is 0.337 e. The highest BCUT2D eigenvalue weighted by atomic mass is 35.5. The zero-order valence-corrected chi connectivity index (χ0v) is 12.5. The molecule has 0 radical (unpaired) electrons. The number of carbonyl (C=O) groups excluding carboxylic acids is 1. The van der Waals surface area contributed by atoms with Crippen molar-refractivity contribution >= 4 is 30.1 Å². The van der Waals surface area contributed by atoms with Gasteiger partial charge in [0.15, 0.2) is 0 Å². The van der Waals surface area contributed by atoms with Crippen molar-refractivity contribution in [1.82, 2.24) is 4.90 Å². The molecule has 0 spiro atoms. The van der Waals surface area contributed by atoms with Crippen LogP contribution in [0.1, 0.15) is 15.9 Å². The molecule has 0 atom stereocenters. The molecule has 0 saturated heterocycles. The molecule has 0 aliphatic carbocycles. The van der Waals surface area contributed by atoms with Crippen molar-refractivity contribution in [3.05, 3.63) is 64.4 Å². The van der Waals surface area contributed by atoms with Crippen molar-refractivity contribution in [3.8, 4) is 0 Å². The molecule has 0 saturated carbocycles. The van der Waals surface area contributed by atoms with Crippen LogP contribution in [0.3, 0.4) is 0 Å². The van der Waals surface area contributed by atoms with Gasteiger partial charge in [-0.3, -0.25) is 4.79 Å². The highest BCUT2D eigenvalue weighted by molar-refractivity contribution is 7.80. The highest BCUT2D eigenvalue weighted by Gasteiger charge is 2.14. The minimum atomic E-state index is -0.446. The Morgan fingerprint density at radius 2 is 2.00 bits per heavy atom. The summed E-state index contributed by atoms with van der Waals surface area (Å²) in [6, 6.07) is 11.4. The Bertz CT molecular complexity index is 648. The fourth-order valence-corrected chi connectivity index (χ4v) is 2.23. The second-order valence-corrected chi connectivity index (χ2v) is 5.31. The third-order valence-electron chi connectivity index (χ3n) is 2.91. The first kappa shape index (κ1) is 14.9. The van der Waals surface area contributed by atoms with E-state index in [1.165, 1.54) is 23.1 Å². The number of halogens is 2. The van der Waals surface area contributed by atoms with Crippen molar-refractivity contribution in [2.24, 2.45) is 0 Å². The van der Waals surface area contributed by atoms with Crippen molar-refractivity contribution in [3.63, 3.8) is 0 Å². The fourth-order valence-electron chi connectivity index (χ4n) is 1.82. The van der Waals surface area contributed by atoms with Gasteiger partial charge in [-0.15, -0.1) is 12.6 Å². The lowest BCUT2D eigenvalue weighted by molar-refractivity contribution is 0.0785. The van der Waals surface area contributed by atoms with Gasteiger partial charge in [-0.2, -0.15) is 0 Å². The van der Waals surface area contributed by atoms with Crippen LogP contribution in [0.5, 0.6) is 0 Å². The summed E-state index contributed by atoms with van der Waals surface area (Å²) in [5.41, 5.74) is 1.25. The monoisotopic (exact) mass is 309 g/mol. The zero-order chi connectivity index (χ0) is 14.7. The number of thiol groups is 1. The summed E-state index contributed by atoms with van der Waals surface area (Å²) < 4.78 is 13.1. The fraction of sp³-hybridized carbons (Fsp3) is 0.133. The predicted molar refractivity (Wildman–Crippen MR) is 80.9 cm³/mol. The third-order valence-corrected chi connectivity index (χ3v) is 3.62. The van der Waals surface area contributed by atoms with E-state index in [1.807, 2.05) is 18.2 Å². The number of hydrogen-bond acceptors (Lipinski definition) is 2. The van der Waals surface area contributed by atoms with Gasteiger partial charge in [-0.25, -0.2) is 4.39 Å². The molecule has 2 aromatic rings. The maximum Gasteiger partial charge on any atom is 0.253 e. The number of hydrogen-bond donors (Lipinski definition) is 1. The lowest BCUT2D eigenvalue weighted by Crippen LogP contribution is -2.26. The maximum absolute atomic E-state index is 13.1. The van der Waals surface area contributed by atoms with Gasteiger partial charge < -0.3 is 4.90 Å². The third kappa shape index (κ3) is 3.32. The van der Waals surface area contributed by atoms with E-state index in [0.29, 0.717) is 17.1 Å². The van der Waals surface area contributed by atoms with E-state index in [4.69, 9.17) is 11.6 Å². The van der Waals surface area contributed by atoms with E-state index in [9.17, 15) is 9.18 Å². The van der Waals surface area contributed by atoms with Crippen molar-refractivity contribution in [2.45, 2.75) is 11.4 Å². The normalized spacial score (nSPS) is 10.4. The molecule has 2 aromatic carbocycles. The summed E-state index contributed by atoms with van der Waals surface area (Å²) in [6.07, 6.45) is 0. The average molecular weight is 310 g/mol. The van der Waals surface area contributed by atoms with Crippen LogP contribution in [0.15, 0.2) is 47.4 Å². The van der Waals surface area contributed by atoms with E-state index in [0.717, 1.165) is 5.56 Å². The van der Waals surface area contributed by atoms with Gasteiger partial charge in [0.2, 0.25) is 0 Å². The van der Waals surface area contributed by atoms with Crippen LogP contribution in [0, 0.1) is 5.82 Å². The molecule has 20 heavy (non-hydrogen) atoms. The molecule has 5 heteroatoms. The molecular formula is C15H13ClFNOS. The first-order chi connectivity index (χ1) is 9.49. The van der Waals surface area contributed by atoms with E-state index in [-0.39, 0.29) is 10.8 Å². The van der Waals surface area contributed by atoms with Crippen LogP contribution < -0.4 is 0 Å². The summed E-state index contributed by atoms with van der Waals surface area (Å²) >= 11 is 10.0.